The van der Waals surface area contributed by atoms with Gasteiger partial charge in [0.05, 0.1) is 49.3 Å². The van der Waals surface area contributed by atoms with Crippen LogP contribution in [0.4, 0.5) is 0 Å². The van der Waals surface area contributed by atoms with Crippen LogP contribution in [0.25, 0.3) is 192 Å². The van der Waals surface area contributed by atoms with Crippen LogP contribution in [0.15, 0.2) is 359 Å². The largest absolute Gasteiger partial charge is 0.456 e. The summed E-state index contributed by atoms with van der Waals surface area (Å²) in [5.74, 6) is 0. The second-order valence-corrected chi connectivity index (χ2v) is 25.4. The molecule has 0 aliphatic heterocycles. The van der Waals surface area contributed by atoms with E-state index >= 15 is 0 Å². The summed E-state index contributed by atoms with van der Waals surface area (Å²) in [4.78, 5) is 0. The van der Waals surface area contributed by atoms with E-state index in [1.54, 1.807) is 0 Å². The van der Waals surface area contributed by atoms with Crippen molar-refractivity contribution in [2.45, 2.75) is 0 Å². The van der Waals surface area contributed by atoms with Crippen LogP contribution in [-0.4, -0.2) is 13.7 Å². The van der Waals surface area contributed by atoms with E-state index in [0.717, 1.165) is 88.7 Å². The molecule has 0 N–H and O–H groups in total. The molecule has 0 atom stereocenters. The Morgan fingerprint density at radius 1 is 0.163 bits per heavy atom. The summed E-state index contributed by atoms with van der Waals surface area (Å²) in [6.07, 6.45) is 0. The normalized spacial score (nSPS) is 11.9. The van der Waals surface area contributed by atoms with Crippen LogP contribution in [0.5, 0.6) is 0 Å². The van der Waals surface area contributed by atoms with Crippen LogP contribution in [0.2, 0.25) is 0 Å². The Hall–Kier alpha value is -13.2. The highest BCUT2D eigenvalue weighted by molar-refractivity contribution is 6.29. The molecule has 16 aromatic carbocycles. The molecule has 0 spiro atoms. The van der Waals surface area contributed by atoms with E-state index in [0.29, 0.717) is 0 Å². The third-order valence-electron chi connectivity index (χ3n) is 19.9. The first-order chi connectivity index (χ1) is 48.6. The van der Waals surface area contributed by atoms with Gasteiger partial charge in [0.25, 0.3) is 0 Å². The standard InChI is InChI=1S/C34H21NO.C30H19NO.C28H17NO/c1-2-8-24-21-25(16-15-22(24)7-1)23-17-19-26(20-18-23)35-29-11-5-10-28-27-9-3-4-13-31(27)36-32-14-6-12-30(35)34(32)33(28)29;1-2-9-20(10-3-1)21-11-6-12-22(19-21)31-25-15-7-14-24-23-13-4-5-17-27(23)32-28-18-8-16-26(31)30(28)29(24)25;1-2-8-19-17-20(16-15-18(19)7-1)29-23-11-5-10-22-21-9-3-4-13-25(21)30-26-14-6-12-24(29)28(26)27(22)23/h1-21H;1-19H;1-17H. The molecule has 0 bridgehead atoms. The molecular formula is C92H57N3O3. The van der Waals surface area contributed by atoms with Crippen molar-refractivity contribution in [3.05, 3.63) is 346 Å². The van der Waals surface area contributed by atoms with E-state index in [1.165, 1.54) is 103 Å². The third-order valence-corrected chi connectivity index (χ3v) is 19.9. The van der Waals surface area contributed by atoms with Gasteiger partial charge in [0.15, 0.2) is 0 Å². The molecule has 0 saturated heterocycles. The van der Waals surface area contributed by atoms with Gasteiger partial charge in [-0.2, -0.15) is 0 Å². The molecule has 0 aliphatic carbocycles. The molecule has 0 radical (unpaired) electrons. The minimum Gasteiger partial charge on any atom is -0.456 e. The number of hydrogen-bond acceptors (Lipinski definition) is 3. The summed E-state index contributed by atoms with van der Waals surface area (Å²) in [5, 5.41) is 19.3. The third kappa shape index (κ3) is 8.75. The first-order valence-electron chi connectivity index (χ1n) is 33.4. The fourth-order valence-corrected chi connectivity index (χ4v) is 15.6. The maximum atomic E-state index is 6.47. The highest BCUT2D eigenvalue weighted by Gasteiger charge is 2.23. The Labute approximate surface area is 561 Å². The van der Waals surface area contributed by atoms with Crippen LogP contribution in [-0.2, 0) is 0 Å². The number of benzene rings is 16. The van der Waals surface area contributed by atoms with Gasteiger partial charge < -0.3 is 27.0 Å². The van der Waals surface area contributed by atoms with Crippen molar-refractivity contribution in [3.8, 4) is 39.3 Å². The first kappa shape index (κ1) is 55.3. The van der Waals surface area contributed by atoms with Crippen molar-refractivity contribution in [1.82, 2.24) is 13.7 Å². The Balaban J connectivity index is 0.000000100. The predicted molar refractivity (Wildman–Crippen MR) is 410 cm³/mol. The zero-order chi connectivity index (χ0) is 64.4. The van der Waals surface area contributed by atoms with E-state index < -0.39 is 0 Å². The minimum atomic E-state index is 0.903. The Morgan fingerprint density at radius 3 is 0.959 bits per heavy atom. The molecular weight excluding hydrogens is 1200 g/mol. The van der Waals surface area contributed by atoms with Crippen molar-refractivity contribution < 1.29 is 13.3 Å². The molecule has 0 fully saturated rings. The van der Waals surface area contributed by atoms with Crippen LogP contribution in [0.1, 0.15) is 0 Å². The molecule has 6 nitrogen and oxygen atoms in total. The summed E-state index contributed by atoms with van der Waals surface area (Å²) in [5.41, 5.74) is 20.8. The van der Waals surface area contributed by atoms with E-state index in [-0.39, 0.29) is 0 Å². The SMILES string of the molecule is c1ccc(-c2cccc(-n3c4cccc5oc6ccccc6c6cccc3c6c54)c2)cc1.c1ccc2cc(-c3ccc(-n4c5cccc6oc7ccccc7c7cccc4c7c65)cc3)ccc2c1.c1ccc2cc(-n3c4cccc5oc6ccccc6c6cccc3c6c54)ccc2c1. The van der Waals surface area contributed by atoms with Crippen molar-refractivity contribution in [2.75, 3.05) is 0 Å². The van der Waals surface area contributed by atoms with Crippen LogP contribution >= 0.6 is 0 Å². The van der Waals surface area contributed by atoms with Crippen molar-refractivity contribution in [2.24, 2.45) is 0 Å². The maximum absolute atomic E-state index is 6.47. The highest BCUT2D eigenvalue weighted by atomic mass is 16.3. The number of aromatic nitrogens is 3. The van der Waals surface area contributed by atoms with E-state index in [1.807, 2.05) is 18.2 Å². The van der Waals surface area contributed by atoms with Gasteiger partial charge in [0, 0.05) is 49.4 Å². The second-order valence-electron chi connectivity index (χ2n) is 25.4. The quantitative estimate of drug-likeness (QED) is 0.173. The van der Waals surface area contributed by atoms with Crippen molar-refractivity contribution >= 4 is 153 Å². The van der Waals surface area contributed by atoms with E-state index in [2.05, 4.69) is 341 Å². The number of hydrogen-bond donors (Lipinski definition) is 0. The fraction of sp³-hybridized carbons (Fsp3) is 0. The highest BCUT2D eigenvalue weighted by Crippen LogP contribution is 2.45. The Morgan fingerprint density at radius 2 is 0.469 bits per heavy atom. The zero-order valence-electron chi connectivity index (χ0n) is 53.0. The lowest BCUT2D eigenvalue weighted by Gasteiger charge is -2.10. The van der Waals surface area contributed by atoms with Gasteiger partial charge in [-0.05, 0) is 175 Å². The van der Waals surface area contributed by atoms with Crippen LogP contribution < -0.4 is 0 Å². The minimum absolute atomic E-state index is 0.903. The average molecular weight is 1250 g/mol. The van der Waals surface area contributed by atoms with Gasteiger partial charge in [-0.3, -0.25) is 0 Å². The smallest absolute Gasteiger partial charge is 0.137 e. The van der Waals surface area contributed by atoms with Crippen molar-refractivity contribution in [1.29, 1.82) is 0 Å². The Kier molecular flexibility index (Phi) is 12.6. The molecule has 6 aromatic heterocycles. The molecule has 0 saturated carbocycles. The number of para-hydroxylation sites is 3. The number of fused-ring (bicyclic) bond motifs is 8. The lowest BCUT2D eigenvalue weighted by molar-refractivity contribution is 0.663. The molecule has 0 amide bonds. The van der Waals surface area contributed by atoms with Crippen LogP contribution in [0.3, 0.4) is 0 Å². The summed E-state index contributed by atoms with van der Waals surface area (Å²) in [6, 6.07) is 122. The van der Waals surface area contributed by atoms with Gasteiger partial charge in [0.1, 0.15) is 33.5 Å². The van der Waals surface area contributed by atoms with E-state index in [9.17, 15) is 0 Å². The molecule has 98 heavy (non-hydrogen) atoms. The predicted octanol–water partition coefficient (Wildman–Crippen LogP) is 25.7. The van der Waals surface area contributed by atoms with Gasteiger partial charge in [0.2, 0.25) is 0 Å². The van der Waals surface area contributed by atoms with Crippen LogP contribution in [0, 0.1) is 0 Å². The molecule has 0 unspecified atom stereocenters. The summed E-state index contributed by atoms with van der Waals surface area (Å²) in [7, 11) is 0. The van der Waals surface area contributed by atoms with Gasteiger partial charge >= 0.3 is 0 Å². The molecule has 458 valence electrons. The molecule has 6 heterocycles. The van der Waals surface area contributed by atoms with Gasteiger partial charge in [-0.25, -0.2) is 0 Å². The Bertz CT molecular complexity index is 6930. The molecule has 6 heteroatoms. The summed E-state index contributed by atoms with van der Waals surface area (Å²) < 4.78 is 26.4. The number of nitrogens with zero attached hydrogens (tertiary/aromatic N) is 3. The van der Waals surface area contributed by atoms with E-state index in [4.69, 9.17) is 13.3 Å². The van der Waals surface area contributed by atoms with Gasteiger partial charge in [-0.1, -0.05) is 231 Å². The molecule has 22 aromatic rings. The zero-order valence-corrected chi connectivity index (χ0v) is 53.0. The monoisotopic (exact) mass is 1250 g/mol. The van der Waals surface area contributed by atoms with Crippen molar-refractivity contribution in [3.63, 3.8) is 0 Å². The fourth-order valence-electron chi connectivity index (χ4n) is 15.6. The van der Waals surface area contributed by atoms with Gasteiger partial charge in [-0.15, -0.1) is 0 Å². The second kappa shape index (κ2) is 22.2. The lowest BCUT2D eigenvalue weighted by atomic mass is 10.0. The number of rotatable bonds is 5. The first-order valence-corrected chi connectivity index (χ1v) is 33.4. The lowest BCUT2D eigenvalue weighted by Crippen LogP contribution is -1.94. The molecule has 0 aliphatic rings. The topological polar surface area (TPSA) is 54.2 Å². The maximum Gasteiger partial charge on any atom is 0.137 e. The average Bonchev–Trinajstić information content (AvgIpc) is 1.58. The summed E-state index contributed by atoms with van der Waals surface area (Å²) >= 11 is 0. The molecule has 22 rings (SSSR count). The summed E-state index contributed by atoms with van der Waals surface area (Å²) in [6.45, 7) is 0.